The molecule has 0 radical (unpaired) electrons. The minimum atomic E-state index is -0.904. The highest BCUT2D eigenvalue weighted by Crippen LogP contribution is 2.25. The average molecular weight is 386 g/mol. The number of anilines is 1. The standard InChI is InChI=1S/C20H22N2O4S/c1-13(19(24)22-17-6-5-14-3-2-4-15(14)11-17)26-18(23)7-9-21-20(25)16-8-10-27-12-16/h5-6,8,10-13H,2-4,7,9H2,1H3,(H,21,25)(H,22,24)/t13-/m0/s1. The predicted octanol–water partition coefficient (Wildman–Crippen LogP) is 2.93. The summed E-state index contributed by atoms with van der Waals surface area (Å²) in [4.78, 5) is 35.9. The number of esters is 1. The third-order valence-electron chi connectivity index (χ3n) is 4.44. The van der Waals surface area contributed by atoms with Crippen molar-refractivity contribution in [2.45, 2.75) is 38.7 Å². The highest BCUT2D eigenvalue weighted by Gasteiger charge is 2.19. The Kier molecular flexibility index (Phi) is 6.24. The Morgan fingerprint density at radius 3 is 2.78 bits per heavy atom. The van der Waals surface area contributed by atoms with E-state index in [-0.39, 0.29) is 24.8 Å². The summed E-state index contributed by atoms with van der Waals surface area (Å²) in [5, 5.41) is 8.98. The molecular formula is C20H22N2O4S. The Morgan fingerprint density at radius 1 is 1.19 bits per heavy atom. The molecule has 0 unspecified atom stereocenters. The molecule has 1 aromatic carbocycles. The molecule has 0 saturated carbocycles. The van der Waals surface area contributed by atoms with E-state index in [1.165, 1.54) is 29.4 Å². The molecule has 27 heavy (non-hydrogen) atoms. The zero-order chi connectivity index (χ0) is 19.2. The van der Waals surface area contributed by atoms with E-state index in [4.69, 9.17) is 4.74 Å². The van der Waals surface area contributed by atoms with Gasteiger partial charge in [-0.25, -0.2) is 0 Å². The van der Waals surface area contributed by atoms with E-state index < -0.39 is 12.1 Å². The molecule has 0 spiro atoms. The van der Waals surface area contributed by atoms with Crippen molar-refractivity contribution in [3.8, 4) is 0 Å². The van der Waals surface area contributed by atoms with Gasteiger partial charge in [0.05, 0.1) is 6.42 Å². The molecule has 1 aliphatic carbocycles. The zero-order valence-electron chi connectivity index (χ0n) is 15.1. The van der Waals surface area contributed by atoms with Crippen LogP contribution in [-0.2, 0) is 27.2 Å². The molecule has 2 amide bonds. The Labute approximate surface area is 161 Å². The lowest BCUT2D eigenvalue weighted by molar-refractivity contribution is -0.153. The summed E-state index contributed by atoms with van der Waals surface area (Å²) in [6.45, 7) is 1.69. The van der Waals surface area contributed by atoms with Gasteiger partial charge in [0.1, 0.15) is 0 Å². The number of carbonyl (C=O) groups is 3. The molecule has 0 bridgehead atoms. The quantitative estimate of drug-likeness (QED) is 0.717. The van der Waals surface area contributed by atoms with Gasteiger partial charge in [0.15, 0.2) is 6.10 Å². The number of benzene rings is 1. The molecule has 1 atom stereocenters. The Balaban J connectivity index is 1.41. The van der Waals surface area contributed by atoms with Gasteiger partial charge in [-0.15, -0.1) is 0 Å². The number of nitrogens with one attached hydrogen (secondary N) is 2. The van der Waals surface area contributed by atoms with E-state index >= 15 is 0 Å². The number of ether oxygens (including phenoxy) is 1. The first-order valence-corrected chi connectivity index (χ1v) is 9.90. The fourth-order valence-corrected chi connectivity index (χ4v) is 3.61. The van der Waals surface area contributed by atoms with Crippen LogP contribution in [0.15, 0.2) is 35.0 Å². The van der Waals surface area contributed by atoms with Crippen LogP contribution in [0.25, 0.3) is 0 Å². The summed E-state index contributed by atoms with van der Waals surface area (Å²) in [6.07, 6.45) is 2.36. The Bertz CT molecular complexity index is 833. The number of fused-ring (bicyclic) bond motifs is 1. The lowest BCUT2D eigenvalue weighted by Gasteiger charge is -2.14. The van der Waals surface area contributed by atoms with Crippen LogP contribution in [0, 0.1) is 0 Å². The van der Waals surface area contributed by atoms with E-state index in [1.54, 1.807) is 11.4 Å². The van der Waals surface area contributed by atoms with Crippen LogP contribution < -0.4 is 10.6 Å². The number of aryl methyl sites for hydroxylation is 2. The van der Waals surface area contributed by atoms with Gasteiger partial charge in [-0.3, -0.25) is 14.4 Å². The molecule has 142 valence electrons. The second-order valence-electron chi connectivity index (χ2n) is 6.48. The SMILES string of the molecule is C[C@H](OC(=O)CCNC(=O)c1ccsc1)C(=O)Nc1ccc2c(c1)CCC2. The molecule has 2 aromatic rings. The normalized spacial score (nSPS) is 13.5. The molecular weight excluding hydrogens is 364 g/mol. The van der Waals surface area contributed by atoms with Crippen molar-refractivity contribution in [1.82, 2.24) is 5.32 Å². The van der Waals surface area contributed by atoms with Gasteiger partial charge < -0.3 is 15.4 Å². The Hall–Kier alpha value is -2.67. The molecule has 7 heteroatoms. The molecule has 0 fully saturated rings. The van der Waals surface area contributed by atoms with Crippen LogP contribution in [0.5, 0.6) is 0 Å². The average Bonchev–Trinajstić information content (AvgIpc) is 3.32. The molecule has 1 aliphatic rings. The fourth-order valence-electron chi connectivity index (χ4n) is 2.98. The summed E-state index contributed by atoms with van der Waals surface area (Å²) >= 11 is 1.43. The summed E-state index contributed by atoms with van der Waals surface area (Å²) < 4.78 is 5.15. The summed E-state index contributed by atoms with van der Waals surface area (Å²) in [6, 6.07) is 7.60. The van der Waals surface area contributed by atoms with Gasteiger partial charge in [0, 0.05) is 23.2 Å². The number of thiophene rings is 1. The van der Waals surface area contributed by atoms with Crippen LogP contribution in [0.4, 0.5) is 5.69 Å². The molecule has 0 aliphatic heterocycles. The summed E-state index contributed by atoms with van der Waals surface area (Å²) in [5.74, 6) is -1.13. The van der Waals surface area contributed by atoms with E-state index in [0.29, 0.717) is 11.3 Å². The van der Waals surface area contributed by atoms with Gasteiger partial charge in [0.2, 0.25) is 0 Å². The van der Waals surface area contributed by atoms with Crippen molar-refractivity contribution in [3.05, 3.63) is 51.7 Å². The molecule has 6 nitrogen and oxygen atoms in total. The van der Waals surface area contributed by atoms with Crippen LogP contribution >= 0.6 is 11.3 Å². The molecule has 1 aromatic heterocycles. The third kappa shape index (κ3) is 5.17. The number of hydrogen-bond donors (Lipinski definition) is 2. The predicted molar refractivity (Wildman–Crippen MR) is 104 cm³/mol. The lowest BCUT2D eigenvalue weighted by atomic mass is 10.1. The van der Waals surface area contributed by atoms with Crippen LogP contribution in [0.2, 0.25) is 0 Å². The topological polar surface area (TPSA) is 84.5 Å². The van der Waals surface area contributed by atoms with Crippen molar-refractivity contribution < 1.29 is 19.1 Å². The maximum Gasteiger partial charge on any atom is 0.308 e. The van der Waals surface area contributed by atoms with Crippen LogP contribution in [0.3, 0.4) is 0 Å². The van der Waals surface area contributed by atoms with E-state index in [2.05, 4.69) is 10.6 Å². The third-order valence-corrected chi connectivity index (χ3v) is 5.12. The van der Waals surface area contributed by atoms with Crippen LogP contribution in [-0.4, -0.2) is 30.4 Å². The number of amides is 2. The summed E-state index contributed by atoms with van der Waals surface area (Å²) in [7, 11) is 0. The highest BCUT2D eigenvalue weighted by molar-refractivity contribution is 7.08. The lowest BCUT2D eigenvalue weighted by Crippen LogP contribution is -2.32. The second kappa shape index (κ2) is 8.81. The number of carbonyl (C=O) groups excluding carboxylic acids is 3. The molecule has 1 heterocycles. The van der Waals surface area contributed by atoms with Crippen molar-refractivity contribution >= 4 is 34.8 Å². The van der Waals surface area contributed by atoms with Crippen molar-refractivity contribution in [3.63, 3.8) is 0 Å². The number of rotatable bonds is 7. The fraction of sp³-hybridized carbons (Fsp3) is 0.350. The van der Waals surface area contributed by atoms with Gasteiger partial charge in [-0.1, -0.05) is 6.07 Å². The largest absolute Gasteiger partial charge is 0.452 e. The van der Waals surface area contributed by atoms with E-state index in [0.717, 1.165) is 19.3 Å². The van der Waals surface area contributed by atoms with Gasteiger partial charge >= 0.3 is 5.97 Å². The molecule has 2 N–H and O–H groups in total. The van der Waals surface area contributed by atoms with Crippen molar-refractivity contribution in [2.75, 3.05) is 11.9 Å². The maximum atomic E-state index is 12.2. The Morgan fingerprint density at radius 2 is 2.00 bits per heavy atom. The zero-order valence-corrected chi connectivity index (χ0v) is 15.9. The summed E-state index contributed by atoms with van der Waals surface area (Å²) in [5.41, 5.74) is 3.87. The minimum absolute atomic E-state index is 0.00629. The van der Waals surface area contributed by atoms with Gasteiger partial charge in [-0.05, 0) is 60.9 Å². The monoisotopic (exact) mass is 386 g/mol. The van der Waals surface area contributed by atoms with Gasteiger partial charge in [0.25, 0.3) is 11.8 Å². The van der Waals surface area contributed by atoms with Gasteiger partial charge in [-0.2, -0.15) is 11.3 Å². The second-order valence-corrected chi connectivity index (χ2v) is 7.26. The van der Waals surface area contributed by atoms with E-state index in [9.17, 15) is 14.4 Å². The maximum absolute atomic E-state index is 12.2. The smallest absolute Gasteiger partial charge is 0.308 e. The minimum Gasteiger partial charge on any atom is -0.452 e. The van der Waals surface area contributed by atoms with Crippen molar-refractivity contribution in [2.24, 2.45) is 0 Å². The van der Waals surface area contributed by atoms with E-state index in [1.807, 2.05) is 23.6 Å². The first kappa shape index (κ1) is 19.1. The highest BCUT2D eigenvalue weighted by atomic mass is 32.1. The number of hydrogen-bond acceptors (Lipinski definition) is 5. The van der Waals surface area contributed by atoms with Crippen molar-refractivity contribution in [1.29, 1.82) is 0 Å². The first-order chi connectivity index (χ1) is 13.0. The molecule has 0 saturated heterocycles. The molecule has 3 rings (SSSR count). The van der Waals surface area contributed by atoms with Crippen LogP contribution in [0.1, 0.15) is 41.3 Å². The first-order valence-electron chi connectivity index (χ1n) is 8.95.